The third kappa shape index (κ3) is 5.17. The minimum absolute atomic E-state index is 0.103. The van der Waals surface area contributed by atoms with Crippen LogP contribution in [0.4, 0.5) is 0 Å². The van der Waals surface area contributed by atoms with Crippen molar-refractivity contribution in [2.24, 2.45) is 0 Å². The molecular formula is C26H30ClN3O2. The summed E-state index contributed by atoms with van der Waals surface area (Å²) in [6.07, 6.45) is 0. The summed E-state index contributed by atoms with van der Waals surface area (Å²) in [6, 6.07) is 15.8. The smallest absolute Gasteiger partial charge is 0.255 e. The van der Waals surface area contributed by atoms with E-state index >= 15 is 0 Å². The molecule has 0 saturated carbocycles. The van der Waals surface area contributed by atoms with Gasteiger partial charge in [-0.15, -0.1) is 0 Å². The number of nitrogens with zero attached hydrogens (tertiary/aromatic N) is 2. The molecule has 5 nitrogen and oxygen atoms in total. The van der Waals surface area contributed by atoms with Gasteiger partial charge >= 0.3 is 0 Å². The molecule has 0 bridgehead atoms. The molecule has 1 aliphatic heterocycles. The number of aryl methyl sites for hydroxylation is 3. The fraction of sp³-hybridized carbons (Fsp3) is 0.346. The first-order valence-electron chi connectivity index (χ1n) is 11.1. The Balaban J connectivity index is 1.31. The monoisotopic (exact) mass is 451 g/mol. The summed E-state index contributed by atoms with van der Waals surface area (Å²) < 4.78 is 5.80. The van der Waals surface area contributed by atoms with Crippen LogP contribution >= 0.6 is 11.6 Å². The highest BCUT2D eigenvalue weighted by molar-refractivity contribution is 6.30. The van der Waals surface area contributed by atoms with E-state index in [1.165, 1.54) is 11.1 Å². The van der Waals surface area contributed by atoms with Gasteiger partial charge in [-0.05, 0) is 73.9 Å². The maximum Gasteiger partial charge on any atom is 0.255 e. The van der Waals surface area contributed by atoms with E-state index in [-0.39, 0.29) is 5.91 Å². The molecule has 1 fully saturated rings. The number of hydrogen-bond donors (Lipinski definition) is 1. The molecule has 4 rings (SSSR count). The normalized spacial score (nSPS) is 14.6. The van der Waals surface area contributed by atoms with Gasteiger partial charge in [0.1, 0.15) is 12.4 Å². The number of rotatable bonds is 6. The number of aromatic amines is 1. The molecule has 3 aromatic rings. The van der Waals surface area contributed by atoms with Crippen molar-refractivity contribution < 1.29 is 9.53 Å². The van der Waals surface area contributed by atoms with E-state index in [1.54, 1.807) is 0 Å². The van der Waals surface area contributed by atoms with Crippen LogP contribution in [0.3, 0.4) is 0 Å². The molecule has 1 saturated heterocycles. The van der Waals surface area contributed by atoms with E-state index in [0.717, 1.165) is 61.0 Å². The highest BCUT2D eigenvalue weighted by Crippen LogP contribution is 2.25. The van der Waals surface area contributed by atoms with Crippen molar-refractivity contribution in [3.63, 3.8) is 0 Å². The minimum Gasteiger partial charge on any atom is -0.492 e. The third-order valence-electron chi connectivity index (χ3n) is 6.21. The van der Waals surface area contributed by atoms with Crippen molar-refractivity contribution in [3.05, 3.63) is 75.9 Å². The van der Waals surface area contributed by atoms with E-state index in [9.17, 15) is 4.79 Å². The molecule has 0 spiro atoms. The summed E-state index contributed by atoms with van der Waals surface area (Å²) >= 11 is 5.91. The molecule has 0 atom stereocenters. The summed E-state index contributed by atoms with van der Waals surface area (Å²) in [7, 11) is 0. The van der Waals surface area contributed by atoms with Crippen molar-refractivity contribution in [3.8, 4) is 17.0 Å². The molecule has 1 aliphatic rings. The number of carbonyl (C=O) groups excluding carboxylic acids is 1. The van der Waals surface area contributed by atoms with Gasteiger partial charge in [-0.1, -0.05) is 23.7 Å². The van der Waals surface area contributed by atoms with Crippen molar-refractivity contribution in [1.29, 1.82) is 0 Å². The fourth-order valence-electron chi connectivity index (χ4n) is 4.01. The molecule has 1 amide bonds. The lowest BCUT2D eigenvalue weighted by atomic mass is 10.0. The number of amides is 1. The SMILES string of the molecule is Cc1ccc(-c2cc(C(=O)N3CCN(CCOc4ccc(Cl)cc4)CC3)c(C)[nH]2)cc1C. The van der Waals surface area contributed by atoms with Crippen LogP contribution in [0.5, 0.6) is 5.75 Å². The highest BCUT2D eigenvalue weighted by Gasteiger charge is 2.24. The summed E-state index contributed by atoms with van der Waals surface area (Å²) in [5.74, 6) is 0.927. The number of nitrogens with one attached hydrogen (secondary N) is 1. The number of H-pyrrole nitrogens is 1. The number of piperazine rings is 1. The topological polar surface area (TPSA) is 48.6 Å². The first kappa shape index (κ1) is 22.4. The Morgan fingerprint density at radius 2 is 1.69 bits per heavy atom. The molecule has 168 valence electrons. The van der Waals surface area contributed by atoms with E-state index < -0.39 is 0 Å². The third-order valence-corrected chi connectivity index (χ3v) is 6.46. The fourth-order valence-corrected chi connectivity index (χ4v) is 4.14. The van der Waals surface area contributed by atoms with Crippen LogP contribution in [0, 0.1) is 20.8 Å². The summed E-state index contributed by atoms with van der Waals surface area (Å²) in [6.45, 7) is 10.8. The maximum absolute atomic E-state index is 13.2. The van der Waals surface area contributed by atoms with Crippen LogP contribution in [0.2, 0.25) is 5.02 Å². The number of hydrogen-bond acceptors (Lipinski definition) is 3. The highest BCUT2D eigenvalue weighted by atomic mass is 35.5. The second kappa shape index (κ2) is 9.80. The molecule has 32 heavy (non-hydrogen) atoms. The molecule has 1 aromatic heterocycles. The standard InChI is InChI=1S/C26H30ClN3O2/c1-18-4-5-21(16-19(18)2)25-17-24(20(3)28-25)26(31)30-12-10-29(11-13-30)14-15-32-23-8-6-22(27)7-9-23/h4-9,16-17,28H,10-15H2,1-3H3. The average molecular weight is 452 g/mol. The van der Waals surface area contributed by atoms with Crippen LogP contribution in [-0.2, 0) is 0 Å². The van der Waals surface area contributed by atoms with Crippen LogP contribution in [0.1, 0.15) is 27.2 Å². The number of ether oxygens (including phenoxy) is 1. The molecular weight excluding hydrogens is 422 g/mol. The lowest BCUT2D eigenvalue weighted by Crippen LogP contribution is -2.49. The summed E-state index contributed by atoms with van der Waals surface area (Å²) in [5, 5.41) is 0.705. The summed E-state index contributed by atoms with van der Waals surface area (Å²) in [5.41, 5.74) is 6.30. The van der Waals surface area contributed by atoms with Gasteiger partial charge in [0.15, 0.2) is 0 Å². The van der Waals surface area contributed by atoms with E-state index in [4.69, 9.17) is 16.3 Å². The largest absolute Gasteiger partial charge is 0.492 e. The van der Waals surface area contributed by atoms with Crippen LogP contribution in [0.15, 0.2) is 48.5 Å². The van der Waals surface area contributed by atoms with E-state index in [1.807, 2.05) is 42.2 Å². The number of benzene rings is 2. The van der Waals surface area contributed by atoms with Gasteiger partial charge in [-0.3, -0.25) is 9.69 Å². The Labute approximate surface area is 194 Å². The molecule has 2 aromatic carbocycles. The quantitative estimate of drug-likeness (QED) is 0.567. The lowest BCUT2D eigenvalue weighted by molar-refractivity contribution is 0.0620. The lowest BCUT2D eigenvalue weighted by Gasteiger charge is -2.34. The molecule has 6 heteroatoms. The van der Waals surface area contributed by atoms with Gasteiger partial charge in [0.2, 0.25) is 0 Å². The zero-order valence-corrected chi connectivity index (χ0v) is 19.7. The second-order valence-electron chi connectivity index (χ2n) is 8.46. The van der Waals surface area contributed by atoms with E-state index in [2.05, 4.69) is 41.9 Å². The number of halogens is 1. The summed E-state index contributed by atoms with van der Waals surface area (Å²) in [4.78, 5) is 20.9. The Bertz CT molecular complexity index is 1080. The van der Waals surface area contributed by atoms with Gasteiger partial charge in [0.05, 0.1) is 5.56 Å². The Kier molecular flexibility index (Phi) is 6.87. The molecule has 2 heterocycles. The first-order chi connectivity index (χ1) is 15.4. The minimum atomic E-state index is 0.103. The zero-order chi connectivity index (χ0) is 22.7. The van der Waals surface area contributed by atoms with Gasteiger partial charge in [-0.25, -0.2) is 0 Å². The van der Waals surface area contributed by atoms with Crippen LogP contribution in [-0.4, -0.2) is 60.0 Å². The molecule has 0 unspecified atom stereocenters. The van der Waals surface area contributed by atoms with Crippen molar-refractivity contribution >= 4 is 17.5 Å². The van der Waals surface area contributed by atoms with Gasteiger partial charge in [-0.2, -0.15) is 0 Å². The Morgan fingerprint density at radius 1 is 0.969 bits per heavy atom. The average Bonchev–Trinajstić information content (AvgIpc) is 3.18. The second-order valence-corrected chi connectivity index (χ2v) is 8.89. The van der Waals surface area contributed by atoms with Gasteiger partial charge in [0, 0.05) is 49.1 Å². The van der Waals surface area contributed by atoms with Gasteiger partial charge < -0.3 is 14.6 Å². The molecule has 0 radical (unpaired) electrons. The maximum atomic E-state index is 13.2. The van der Waals surface area contributed by atoms with Crippen molar-refractivity contribution in [2.45, 2.75) is 20.8 Å². The molecule has 0 aliphatic carbocycles. The zero-order valence-electron chi connectivity index (χ0n) is 19.0. The number of aromatic nitrogens is 1. The number of carbonyl (C=O) groups is 1. The first-order valence-corrected chi connectivity index (χ1v) is 11.5. The van der Waals surface area contributed by atoms with Crippen molar-refractivity contribution in [1.82, 2.24) is 14.8 Å². The van der Waals surface area contributed by atoms with Crippen LogP contribution < -0.4 is 4.74 Å². The molecule has 1 N–H and O–H groups in total. The Morgan fingerprint density at radius 3 is 2.38 bits per heavy atom. The Hall–Kier alpha value is -2.76. The van der Waals surface area contributed by atoms with Crippen LogP contribution in [0.25, 0.3) is 11.3 Å². The van der Waals surface area contributed by atoms with E-state index in [0.29, 0.717) is 11.6 Å². The predicted octanol–water partition coefficient (Wildman–Crippen LogP) is 5.10. The predicted molar refractivity (Wildman–Crippen MR) is 130 cm³/mol. The van der Waals surface area contributed by atoms with Crippen molar-refractivity contribution in [2.75, 3.05) is 39.3 Å². The van der Waals surface area contributed by atoms with Gasteiger partial charge in [0.25, 0.3) is 5.91 Å².